The average Bonchev–Trinajstić information content (AvgIpc) is 3.20. The van der Waals surface area contributed by atoms with E-state index in [4.69, 9.17) is 0 Å². The van der Waals surface area contributed by atoms with Gasteiger partial charge in [-0.2, -0.15) is 0 Å². The molecule has 0 fully saturated rings. The molecule has 6 nitrogen and oxygen atoms in total. The van der Waals surface area contributed by atoms with Crippen LogP contribution in [0.1, 0.15) is 32.0 Å². The maximum Gasteiger partial charge on any atom is 0.236 e. The third-order valence-electron chi connectivity index (χ3n) is 3.96. The lowest BCUT2D eigenvalue weighted by Gasteiger charge is -2.14. The van der Waals surface area contributed by atoms with Crippen molar-refractivity contribution in [2.24, 2.45) is 7.05 Å². The van der Waals surface area contributed by atoms with E-state index in [1.807, 2.05) is 42.1 Å². The van der Waals surface area contributed by atoms with Crippen LogP contribution in [0.4, 0.5) is 5.13 Å². The Labute approximate surface area is 167 Å². The minimum Gasteiger partial charge on any atom is -0.305 e. The number of nitrogens with one attached hydrogen (secondary N) is 1. The molecule has 2 heterocycles. The van der Waals surface area contributed by atoms with Crippen molar-refractivity contribution in [3.05, 3.63) is 40.9 Å². The van der Waals surface area contributed by atoms with Crippen LogP contribution in [0, 0.1) is 6.92 Å². The molecule has 1 amide bonds. The van der Waals surface area contributed by atoms with Crippen molar-refractivity contribution in [2.45, 2.75) is 38.3 Å². The van der Waals surface area contributed by atoms with Crippen molar-refractivity contribution in [1.82, 2.24) is 19.7 Å². The number of rotatable bonds is 5. The number of carbonyl (C=O) groups is 1. The Bertz CT molecular complexity index is 955. The van der Waals surface area contributed by atoms with E-state index in [0.717, 1.165) is 17.1 Å². The maximum absolute atomic E-state index is 12.3. The van der Waals surface area contributed by atoms with Gasteiger partial charge >= 0.3 is 0 Å². The van der Waals surface area contributed by atoms with E-state index in [1.54, 1.807) is 0 Å². The van der Waals surface area contributed by atoms with Gasteiger partial charge in [-0.3, -0.25) is 4.79 Å². The van der Waals surface area contributed by atoms with Crippen LogP contribution in [-0.4, -0.2) is 31.4 Å². The highest BCUT2D eigenvalue weighted by molar-refractivity contribution is 7.99. The molecule has 27 heavy (non-hydrogen) atoms. The zero-order chi connectivity index (χ0) is 19.6. The molecule has 0 spiro atoms. The Balaban J connectivity index is 1.62. The third-order valence-corrected chi connectivity index (χ3v) is 5.74. The van der Waals surface area contributed by atoms with Crippen molar-refractivity contribution in [3.63, 3.8) is 0 Å². The molecule has 0 aliphatic carbocycles. The molecule has 0 aliphatic heterocycles. The van der Waals surface area contributed by atoms with Crippen LogP contribution in [-0.2, 0) is 17.3 Å². The molecular weight excluding hydrogens is 378 g/mol. The number of anilines is 1. The van der Waals surface area contributed by atoms with Gasteiger partial charge in [0.1, 0.15) is 0 Å². The first-order chi connectivity index (χ1) is 12.7. The number of hydrogen-bond acceptors (Lipinski definition) is 6. The van der Waals surface area contributed by atoms with Crippen molar-refractivity contribution in [3.8, 4) is 11.4 Å². The van der Waals surface area contributed by atoms with Crippen LogP contribution in [0.2, 0.25) is 0 Å². The molecular formula is C19H23N5OS2. The monoisotopic (exact) mass is 401 g/mol. The molecule has 3 aromatic rings. The topological polar surface area (TPSA) is 72.7 Å². The molecule has 0 atom stereocenters. The van der Waals surface area contributed by atoms with E-state index in [1.165, 1.54) is 28.7 Å². The molecule has 0 aliphatic rings. The summed E-state index contributed by atoms with van der Waals surface area (Å²) < 4.78 is 1.91. The molecule has 0 saturated carbocycles. The molecule has 142 valence electrons. The Hall–Kier alpha value is -2.19. The molecule has 0 unspecified atom stereocenters. The Morgan fingerprint density at radius 3 is 2.74 bits per heavy atom. The molecule has 8 heteroatoms. The van der Waals surface area contributed by atoms with Crippen molar-refractivity contribution in [2.75, 3.05) is 11.1 Å². The number of aromatic nitrogens is 4. The SMILES string of the molecule is Cc1cccc(-c2nnc(SCC(=O)Nc3nc(C(C)(C)C)cs3)n2C)c1. The number of thiazole rings is 1. The van der Waals surface area contributed by atoms with Crippen LogP contribution >= 0.6 is 23.1 Å². The average molecular weight is 402 g/mol. The van der Waals surface area contributed by atoms with Crippen LogP contribution in [0.5, 0.6) is 0 Å². The van der Waals surface area contributed by atoms with Gasteiger partial charge in [0.25, 0.3) is 0 Å². The van der Waals surface area contributed by atoms with Gasteiger partial charge in [0.2, 0.25) is 5.91 Å². The summed E-state index contributed by atoms with van der Waals surface area (Å²) in [5.74, 6) is 0.941. The van der Waals surface area contributed by atoms with E-state index in [-0.39, 0.29) is 17.1 Å². The fraction of sp³-hybridized carbons (Fsp3) is 0.368. The third kappa shape index (κ3) is 4.75. The molecule has 0 radical (unpaired) electrons. The van der Waals surface area contributed by atoms with Gasteiger partial charge in [0.15, 0.2) is 16.1 Å². The molecule has 0 saturated heterocycles. The number of nitrogens with zero attached hydrogens (tertiary/aromatic N) is 4. The highest BCUT2D eigenvalue weighted by Crippen LogP contribution is 2.27. The van der Waals surface area contributed by atoms with Crippen LogP contribution in [0.25, 0.3) is 11.4 Å². The van der Waals surface area contributed by atoms with Gasteiger partial charge in [0, 0.05) is 23.4 Å². The van der Waals surface area contributed by atoms with E-state index in [0.29, 0.717) is 10.3 Å². The number of thioether (sulfide) groups is 1. The first-order valence-electron chi connectivity index (χ1n) is 8.59. The van der Waals surface area contributed by atoms with Crippen LogP contribution in [0.15, 0.2) is 34.8 Å². The summed E-state index contributed by atoms with van der Waals surface area (Å²) in [6.45, 7) is 8.35. The largest absolute Gasteiger partial charge is 0.305 e. The quantitative estimate of drug-likeness (QED) is 0.646. The number of benzene rings is 1. The fourth-order valence-electron chi connectivity index (χ4n) is 2.44. The van der Waals surface area contributed by atoms with Gasteiger partial charge in [-0.1, -0.05) is 56.3 Å². The molecule has 1 N–H and O–H groups in total. The molecule has 3 rings (SSSR count). The van der Waals surface area contributed by atoms with E-state index < -0.39 is 0 Å². The van der Waals surface area contributed by atoms with Gasteiger partial charge in [-0.05, 0) is 13.0 Å². The number of aryl methyl sites for hydroxylation is 1. The molecule has 1 aromatic carbocycles. The second-order valence-electron chi connectivity index (χ2n) is 7.36. The number of amides is 1. The smallest absolute Gasteiger partial charge is 0.236 e. The van der Waals surface area contributed by atoms with Gasteiger partial charge in [-0.25, -0.2) is 4.98 Å². The minimum atomic E-state index is -0.102. The maximum atomic E-state index is 12.3. The van der Waals surface area contributed by atoms with Gasteiger partial charge < -0.3 is 9.88 Å². The lowest BCUT2D eigenvalue weighted by atomic mass is 9.93. The fourth-order valence-corrected chi connectivity index (χ4v) is 4.10. The Morgan fingerprint density at radius 2 is 2.07 bits per heavy atom. The van der Waals surface area contributed by atoms with Crippen LogP contribution < -0.4 is 5.32 Å². The summed E-state index contributed by atoms with van der Waals surface area (Å²) >= 11 is 2.81. The first-order valence-corrected chi connectivity index (χ1v) is 10.5. The van der Waals surface area contributed by atoms with E-state index in [2.05, 4.69) is 47.3 Å². The summed E-state index contributed by atoms with van der Waals surface area (Å²) in [6, 6.07) is 8.12. The lowest BCUT2D eigenvalue weighted by molar-refractivity contribution is -0.113. The zero-order valence-electron chi connectivity index (χ0n) is 16.1. The van der Waals surface area contributed by atoms with Crippen molar-refractivity contribution < 1.29 is 4.79 Å². The normalized spacial score (nSPS) is 11.6. The molecule has 0 bridgehead atoms. The predicted molar refractivity (Wildman–Crippen MR) is 111 cm³/mol. The number of hydrogen-bond donors (Lipinski definition) is 1. The van der Waals surface area contributed by atoms with Crippen molar-refractivity contribution >= 4 is 34.1 Å². The Morgan fingerprint density at radius 1 is 1.30 bits per heavy atom. The number of carbonyl (C=O) groups excluding carboxylic acids is 1. The lowest BCUT2D eigenvalue weighted by Crippen LogP contribution is -2.16. The Kier molecular flexibility index (Phi) is 5.67. The second kappa shape index (κ2) is 7.82. The second-order valence-corrected chi connectivity index (χ2v) is 9.16. The molecule has 2 aromatic heterocycles. The van der Waals surface area contributed by atoms with Gasteiger partial charge in [-0.15, -0.1) is 21.5 Å². The standard InChI is InChI=1S/C19H23N5OS2/c1-12-7-6-8-13(9-12)16-22-23-18(24(16)5)27-11-15(25)21-17-20-14(10-26-17)19(2,3)4/h6-10H,11H2,1-5H3,(H,20,21,25). The summed E-state index contributed by atoms with van der Waals surface area (Å²) in [5.41, 5.74) is 3.13. The summed E-state index contributed by atoms with van der Waals surface area (Å²) in [7, 11) is 1.91. The highest BCUT2D eigenvalue weighted by atomic mass is 32.2. The summed E-state index contributed by atoms with van der Waals surface area (Å²) in [4.78, 5) is 16.7. The van der Waals surface area contributed by atoms with Gasteiger partial charge in [0.05, 0.1) is 11.4 Å². The highest BCUT2D eigenvalue weighted by Gasteiger charge is 2.18. The van der Waals surface area contributed by atoms with Crippen LogP contribution in [0.3, 0.4) is 0 Å². The summed E-state index contributed by atoms with van der Waals surface area (Å²) in [5, 5.41) is 14.7. The summed E-state index contributed by atoms with van der Waals surface area (Å²) in [6.07, 6.45) is 0. The van der Waals surface area contributed by atoms with E-state index >= 15 is 0 Å². The minimum absolute atomic E-state index is 0.0287. The van der Waals surface area contributed by atoms with Crippen molar-refractivity contribution in [1.29, 1.82) is 0 Å². The zero-order valence-corrected chi connectivity index (χ0v) is 17.7. The first kappa shape index (κ1) is 19.6. The van der Waals surface area contributed by atoms with E-state index in [9.17, 15) is 4.79 Å². The predicted octanol–water partition coefficient (Wildman–Crippen LogP) is 4.28.